The van der Waals surface area contributed by atoms with Gasteiger partial charge < -0.3 is 9.64 Å². The lowest BCUT2D eigenvalue weighted by molar-refractivity contribution is -0.906. The summed E-state index contributed by atoms with van der Waals surface area (Å²) in [5.41, 5.74) is 4.38. The number of nitrogens with zero attached hydrogens (tertiary/aromatic N) is 3. The summed E-state index contributed by atoms with van der Waals surface area (Å²) in [7, 11) is 0. The van der Waals surface area contributed by atoms with Crippen LogP contribution in [0.5, 0.6) is 0 Å². The van der Waals surface area contributed by atoms with Crippen molar-refractivity contribution < 1.29 is 14.4 Å². The first-order valence-corrected chi connectivity index (χ1v) is 11.0. The molecule has 154 valence electrons. The number of morpholine rings is 1. The highest BCUT2D eigenvalue weighted by atomic mass is 32.1. The van der Waals surface area contributed by atoms with Crippen LogP contribution in [0, 0.1) is 25.2 Å². The number of thiazole rings is 1. The van der Waals surface area contributed by atoms with Gasteiger partial charge in [0.25, 0.3) is 5.91 Å². The third-order valence-corrected chi connectivity index (χ3v) is 6.47. The molecule has 6 nitrogen and oxygen atoms in total. The third-order valence-electron chi connectivity index (χ3n) is 5.44. The van der Waals surface area contributed by atoms with Crippen molar-refractivity contribution in [1.82, 2.24) is 4.98 Å². The molecule has 0 unspecified atom stereocenters. The molecule has 4 rings (SSSR count). The molecule has 1 aromatic heterocycles. The van der Waals surface area contributed by atoms with Gasteiger partial charge >= 0.3 is 0 Å². The van der Waals surface area contributed by atoms with E-state index >= 15 is 0 Å². The van der Waals surface area contributed by atoms with Gasteiger partial charge in [0.05, 0.1) is 48.2 Å². The van der Waals surface area contributed by atoms with Gasteiger partial charge in [0.2, 0.25) is 0 Å². The van der Waals surface area contributed by atoms with Crippen molar-refractivity contribution in [2.45, 2.75) is 13.8 Å². The van der Waals surface area contributed by atoms with E-state index in [2.05, 4.69) is 32.0 Å². The van der Waals surface area contributed by atoms with Crippen LogP contribution >= 0.6 is 11.3 Å². The number of carbonyl (C=O) groups is 1. The van der Waals surface area contributed by atoms with Crippen molar-refractivity contribution in [1.29, 1.82) is 5.26 Å². The Labute approximate surface area is 180 Å². The summed E-state index contributed by atoms with van der Waals surface area (Å²) in [4.78, 5) is 21.5. The third kappa shape index (κ3) is 4.36. The summed E-state index contributed by atoms with van der Waals surface area (Å²) in [6.45, 7) is 9.01. The van der Waals surface area contributed by atoms with Crippen LogP contribution in [0.15, 0.2) is 36.4 Å². The number of aromatic nitrogens is 1. The van der Waals surface area contributed by atoms with Gasteiger partial charge in [-0.05, 0) is 55.3 Å². The van der Waals surface area contributed by atoms with Gasteiger partial charge in [-0.3, -0.25) is 9.69 Å². The molecule has 1 saturated heterocycles. The topological polar surface area (TPSA) is 70.7 Å². The van der Waals surface area contributed by atoms with Crippen molar-refractivity contribution in [2.24, 2.45) is 0 Å². The molecule has 1 aliphatic heterocycles. The van der Waals surface area contributed by atoms with Gasteiger partial charge in [0.15, 0.2) is 5.13 Å². The van der Waals surface area contributed by atoms with Crippen LogP contribution in [0.4, 0.5) is 5.13 Å². The SMILES string of the molecule is Cc1cc(C)c2nc(N(CC[NH+]3CCOCC3)C(=O)c3ccc(C#N)cc3)sc2c1. The summed E-state index contributed by atoms with van der Waals surface area (Å²) in [5.74, 6) is -0.0828. The molecule has 1 fully saturated rings. The standard InChI is InChI=1S/C23H24N4O2S/c1-16-13-17(2)21-20(14-16)30-23(25-21)27(8-7-26-9-11-29-12-10-26)22(28)19-5-3-18(15-24)4-6-19/h3-6,13-14H,7-12H2,1-2H3/p+1. The molecule has 0 saturated carbocycles. The molecule has 7 heteroatoms. The van der Waals surface area contributed by atoms with Crippen molar-refractivity contribution in [3.05, 3.63) is 58.7 Å². The first-order chi connectivity index (χ1) is 14.5. The summed E-state index contributed by atoms with van der Waals surface area (Å²) >= 11 is 1.56. The quantitative estimate of drug-likeness (QED) is 0.687. The minimum absolute atomic E-state index is 0.0828. The average Bonchev–Trinajstić information content (AvgIpc) is 3.18. The Morgan fingerprint density at radius 1 is 1.23 bits per heavy atom. The summed E-state index contributed by atoms with van der Waals surface area (Å²) in [6.07, 6.45) is 0. The largest absolute Gasteiger partial charge is 0.370 e. The van der Waals surface area contributed by atoms with Crippen LogP contribution < -0.4 is 9.80 Å². The first kappa shape index (κ1) is 20.5. The summed E-state index contributed by atoms with van der Waals surface area (Å²) in [5, 5.41) is 9.77. The number of nitriles is 1. The Kier molecular flexibility index (Phi) is 6.09. The number of benzene rings is 2. The zero-order valence-corrected chi connectivity index (χ0v) is 18.1. The summed E-state index contributed by atoms with van der Waals surface area (Å²) in [6, 6.07) is 13.2. The molecule has 0 aliphatic carbocycles. The number of hydrogen-bond donors (Lipinski definition) is 1. The predicted octanol–water partition coefficient (Wildman–Crippen LogP) is 2.35. The van der Waals surface area contributed by atoms with E-state index in [1.165, 1.54) is 10.5 Å². The minimum Gasteiger partial charge on any atom is -0.370 e. The van der Waals surface area contributed by atoms with Crippen molar-refractivity contribution in [2.75, 3.05) is 44.3 Å². The van der Waals surface area contributed by atoms with Crippen molar-refractivity contribution in [3.63, 3.8) is 0 Å². The number of ether oxygens (including phenoxy) is 1. The van der Waals surface area contributed by atoms with E-state index in [9.17, 15) is 4.79 Å². The normalized spacial score (nSPS) is 14.6. The molecule has 1 aliphatic rings. The molecule has 1 N–H and O–H groups in total. The highest BCUT2D eigenvalue weighted by molar-refractivity contribution is 7.22. The van der Waals surface area contributed by atoms with Gasteiger partial charge in [-0.15, -0.1) is 0 Å². The number of quaternary nitrogens is 1. The molecular weight excluding hydrogens is 396 g/mol. The average molecular weight is 422 g/mol. The van der Waals surface area contributed by atoms with Gasteiger partial charge in [0.1, 0.15) is 13.1 Å². The van der Waals surface area contributed by atoms with E-state index in [0.717, 1.165) is 53.8 Å². The molecule has 30 heavy (non-hydrogen) atoms. The second-order valence-corrected chi connectivity index (χ2v) is 8.69. The van der Waals surface area contributed by atoms with Crippen molar-refractivity contribution >= 4 is 32.6 Å². The lowest BCUT2D eigenvalue weighted by Crippen LogP contribution is -3.14. The second kappa shape index (κ2) is 8.92. The van der Waals surface area contributed by atoms with Crippen LogP contribution in [0.25, 0.3) is 10.2 Å². The van der Waals surface area contributed by atoms with Gasteiger partial charge in [-0.25, -0.2) is 4.98 Å². The maximum atomic E-state index is 13.4. The fourth-order valence-corrected chi connectivity index (χ4v) is 4.95. The van der Waals surface area contributed by atoms with E-state index in [-0.39, 0.29) is 5.91 Å². The fraction of sp³-hybridized carbons (Fsp3) is 0.348. The number of nitrogens with one attached hydrogen (secondary N) is 1. The number of fused-ring (bicyclic) bond motifs is 1. The molecule has 2 heterocycles. The van der Waals surface area contributed by atoms with Gasteiger partial charge in [-0.1, -0.05) is 17.4 Å². The number of carbonyl (C=O) groups excluding carboxylic acids is 1. The molecule has 0 radical (unpaired) electrons. The fourth-order valence-electron chi connectivity index (χ4n) is 3.78. The van der Waals surface area contributed by atoms with Crippen LogP contribution in [-0.4, -0.2) is 50.3 Å². The Morgan fingerprint density at radius 3 is 2.67 bits per heavy atom. The van der Waals surface area contributed by atoms with E-state index < -0.39 is 0 Å². The monoisotopic (exact) mass is 421 g/mol. The van der Waals surface area contributed by atoms with Gasteiger partial charge in [-0.2, -0.15) is 5.26 Å². The lowest BCUT2D eigenvalue weighted by atomic mass is 10.1. The predicted molar refractivity (Wildman–Crippen MR) is 118 cm³/mol. The minimum atomic E-state index is -0.0828. The number of hydrogen-bond acceptors (Lipinski definition) is 5. The van der Waals surface area contributed by atoms with E-state index in [4.69, 9.17) is 15.0 Å². The molecule has 0 atom stereocenters. The van der Waals surface area contributed by atoms with Crippen LogP contribution in [0.3, 0.4) is 0 Å². The van der Waals surface area contributed by atoms with Gasteiger partial charge in [0, 0.05) is 5.56 Å². The maximum absolute atomic E-state index is 13.4. The van der Waals surface area contributed by atoms with E-state index in [1.807, 2.05) is 0 Å². The first-order valence-electron chi connectivity index (χ1n) is 10.2. The zero-order chi connectivity index (χ0) is 21.1. The molecule has 0 bridgehead atoms. The Balaban J connectivity index is 1.66. The highest BCUT2D eigenvalue weighted by Gasteiger charge is 2.24. The van der Waals surface area contributed by atoms with Crippen LogP contribution in [-0.2, 0) is 4.74 Å². The van der Waals surface area contributed by atoms with Crippen LogP contribution in [0.2, 0.25) is 0 Å². The molecule has 1 amide bonds. The lowest BCUT2D eigenvalue weighted by Gasteiger charge is -2.27. The second-order valence-electron chi connectivity index (χ2n) is 7.68. The Hall–Kier alpha value is -2.79. The van der Waals surface area contributed by atoms with Crippen LogP contribution in [0.1, 0.15) is 27.0 Å². The number of anilines is 1. The highest BCUT2D eigenvalue weighted by Crippen LogP contribution is 2.32. The Morgan fingerprint density at radius 2 is 1.97 bits per heavy atom. The summed E-state index contributed by atoms with van der Waals surface area (Å²) < 4.78 is 6.55. The van der Waals surface area contributed by atoms with E-state index in [1.54, 1.807) is 40.5 Å². The number of aryl methyl sites for hydroxylation is 2. The Bertz CT molecular complexity index is 1090. The molecule has 0 spiro atoms. The zero-order valence-electron chi connectivity index (χ0n) is 17.3. The molecule has 3 aromatic rings. The number of rotatable bonds is 5. The molecular formula is C23H25N4O2S+. The molecule has 2 aromatic carbocycles. The number of amides is 1. The smallest absolute Gasteiger partial charge is 0.260 e. The maximum Gasteiger partial charge on any atom is 0.260 e. The van der Waals surface area contributed by atoms with Crippen molar-refractivity contribution in [3.8, 4) is 6.07 Å². The van der Waals surface area contributed by atoms with E-state index in [0.29, 0.717) is 17.7 Å².